The van der Waals surface area contributed by atoms with Crippen LogP contribution in [-0.2, 0) is 9.53 Å². The molecule has 1 aliphatic rings. The van der Waals surface area contributed by atoms with E-state index in [0.29, 0.717) is 0 Å². The van der Waals surface area contributed by atoms with Crippen molar-refractivity contribution in [2.75, 3.05) is 11.5 Å². The molecule has 146 valence electrons. The van der Waals surface area contributed by atoms with Gasteiger partial charge >= 0.3 is 12.1 Å². The molecule has 2 aromatic carbocycles. The van der Waals surface area contributed by atoms with Crippen molar-refractivity contribution in [2.24, 2.45) is 0 Å². The van der Waals surface area contributed by atoms with Gasteiger partial charge in [0.05, 0.1) is 0 Å². The van der Waals surface area contributed by atoms with E-state index >= 15 is 0 Å². The van der Waals surface area contributed by atoms with Gasteiger partial charge in [0.15, 0.2) is 0 Å². The Morgan fingerprint density at radius 2 is 1.59 bits per heavy atom. The quantitative estimate of drug-likeness (QED) is 0.704. The molecule has 0 fully saturated rings. The summed E-state index contributed by atoms with van der Waals surface area (Å²) in [4.78, 5) is 29.6. The summed E-state index contributed by atoms with van der Waals surface area (Å²) in [6.07, 6.45) is 0.772. The number of rotatable bonds is 5. The van der Waals surface area contributed by atoms with Crippen LogP contribution in [0.2, 0.25) is 0 Å². The molecule has 6 nitrogen and oxygen atoms in total. The predicted molar refractivity (Wildman–Crippen MR) is 109 cm³/mol. The highest BCUT2D eigenvalue weighted by atomic mass is 16.6. The van der Waals surface area contributed by atoms with E-state index in [-0.39, 0.29) is 18.3 Å². The maximum Gasteiger partial charge on any atom is 0.416 e. The minimum Gasteiger partial charge on any atom is -0.480 e. The molecule has 4 rings (SSSR count). The molecule has 1 aromatic heterocycles. The van der Waals surface area contributed by atoms with Crippen molar-refractivity contribution in [3.8, 4) is 11.1 Å². The second-order valence-corrected chi connectivity index (χ2v) is 6.88. The van der Waals surface area contributed by atoms with E-state index in [1.54, 1.807) is 18.2 Å². The average Bonchev–Trinajstić information content (AvgIpc) is 3.07. The van der Waals surface area contributed by atoms with Crippen LogP contribution in [0.25, 0.3) is 11.1 Å². The van der Waals surface area contributed by atoms with Crippen LogP contribution in [0.3, 0.4) is 0 Å². The number of carbonyl (C=O) groups is 2. The number of carboxylic acids is 1. The zero-order chi connectivity index (χ0) is 20.4. The van der Waals surface area contributed by atoms with E-state index in [9.17, 15) is 14.7 Å². The van der Waals surface area contributed by atoms with Crippen LogP contribution in [0, 0.1) is 0 Å². The minimum atomic E-state index is -1.14. The van der Waals surface area contributed by atoms with Gasteiger partial charge in [-0.3, -0.25) is 0 Å². The summed E-state index contributed by atoms with van der Waals surface area (Å²) in [5.74, 6) is -0.999. The molecule has 0 radical (unpaired) electrons. The Kier molecular flexibility index (Phi) is 4.99. The lowest BCUT2D eigenvalue weighted by atomic mass is 9.98. The number of amides is 1. The number of hydrogen-bond acceptors (Lipinski definition) is 4. The van der Waals surface area contributed by atoms with Gasteiger partial charge in [-0.2, -0.15) is 0 Å². The Labute approximate surface area is 168 Å². The van der Waals surface area contributed by atoms with Crippen molar-refractivity contribution in [1.82, 2.24) is 4.98 Å². The number of carbonyl (C=O) groups excluding carboxylic acids is 1. The van der Waals surface area contributed by atoms with Crippen LogP contribution >= 0.6 is 0 Å². The Morgan fingerprint density at radius 3 is 2.14 bits per heavy atom. The summed E-state index contributed by atoms with van der Waals surface area (Å²) >= 11 is 0. The summed E-state index contributed by atoms with van der Waals surface area (Å²) in [5.41, 5.74) is 4.45. The standard InChI is InChI=1S/C23H20N2O4/c1-15(22(26)27)25(21-12-6-7-13-24-21)23(28)29-14-20-18-10-4-2-8-16(18)17-9-3-5-11-19(17)20/h2-13,15,20H,14H2,1H3,(H,26,27)/t15-/m1/s1. The summed E-state index contributed by atoms with van der Waals surface area (Å²) in [5, 5.41) is 9.43. The van der Waals surface area contributed by atoms with Gasteiger partial charge in [-0.1, -0.05) is 54.6 Å². The van der Waals surface area contributed by atoms with Crippen molar-refractivity contribution in [2.45, 2.75) is 18.9 Å². The zero-order valence-electron chi connectivity index (χ0n) is 15.9. The molecule has 0 saturated carbocycles. The van der Waals surface area contributed by atoms with E-state index in [4.69, 9.17) is 4.74 Å². The largest absolute Gasteiger partial charge is 0.480 e. The molecular weight excluding hydrogens is 368 g/mol. The second kappa shape index (κ2) is 7.75. The van der Waals surface area contributed by atoms with Crippen LogP contribution in [0.5, 0.6) is 0 Å². The SMILES string of the molecule is C[C@H](C(=O)O)N(C(=O)OCC1c2ccccc2-c2ccccc21)c1ccccn1. The second-order valence-electron chi connectivity index (χ2n) is 6.88. The van der Waals surface area contributed by atoms with Crippen LogP contribution in [0.1, 0.15) is 24.0 Å². The highest BCUT2D eigenvalue weighted by Gasteiger charge is 2.33. The number of carboxylic acid groups (broad SMARTS) is 1. The normalized spacial score (nSPS) is 13.3. The van der Waals surface area contributed by atoms with E-state index in [0.717, 1.165) is 27.2 Å². The number of benzene rings is 2. The molecule has 3 aromatic rings. The molecule has 6 heteroatoms. The molecule has 0 spiro atoms. The lowest BCUT2D eigenvalue weighted by molar-refractivity contribution is -0.138. The number of ether oxygens (including phenoxy) is 1. The fourth-order valence-corrected chi connectivity index (χ4v) is 3.72. The number of anilines is 1. The van der Waals surface area contributed by atoms with Gasteiger partial charge in [-0.15, -0.1) is 0 Å². The van der Waals surface area contributed by atoms with Crippen molar-refractivity contribution in [3.05, 3.63) is 84.1 Å². The zero-order valence-corrected chi connectivity index (χ0v) is 15.9. The number of nitrogens with zero attached hydrogens (tertiary/aromatic N) is 2. The third-order valence-corrected chi connectivity index (χ3v) is 5.17. The van der Waals surface area contributed by atoms with Crippen molar-refractivity contribution in [1.29, 1.82) is 0 Å². The molecule has 1 heterocycles. The molecule has 1 amide bonds. The van der Waals surface area contributed by atoms with Crippen LogP contribution < -0.4 is 4.90 Å². The molecule has 29 heavy (non-hydrogen) atoms. The molecule has 1 aliphatic carbocycles. The van der Waals surface area contributed by atoms with Gasteiger partial charge in [-0.05, 0) is 41.3 Å². The molecule has 0 aliphatic heterocycles. The van der Waals surface area contributed by atoms with Gasteiger partial charge in [0.1, 0.15) is 18.5 Å². The third-order valence-electron chi connectivity index (χ3n) is 5.17. The van der Waals surface area contributed by atoms with Gasteiger partial charge in [0.25, 0.3) is 0 Å². The summed E-state index contributed by atoms with van der Waals surface area (Å²) in [6.45, 7) is 1.54. The number of hydrogen-bond donors (Lipinski definition) is 1. The number of aromatic nitrogens is 1. The topological polar surface area (TPSA) is 79.7 Å². The Morgan fingerprint density at radius 1 is 1.00 bits per heavy atom. The summed E-state index contributed by atoms with van der Waals surface area (Å²) in [7, 11) is 0. The molecule has 1 N–H and O–H groups in total. The van der Waals surface area contributed by atoms with E-state index in [1.807, 2.05) is 36.4 Å². The number of pyridine rings is 1. The predicted octanol–water partition coefficient (Wildman–Crippen LogP) is 4.31. The van der Waals surface area contributed by atoms with Crippen molar-refractivity contribution < 1.29 is 19.4 Å². The maximum atomic E-state index is 12.9. The Bertz CT molecular complexity index is 1010. The number of aliphatic carboxylic acids is 1. The first-order chi connectivity index (χ1) is 14.1. The third kappa shape index (κ3) is 3.45. The van der Waals surface area contributed by atoms with Gasteiger partial charge in [0, 0.05) is 12.1 Å². The smallest absolute Gasteiger partial charge is 0.416 e. The van der Waals surface area contributed by atoms with Crippen LogP contribution in [0.4, 0.5) is 10.6 Å². The van der Waals surface area contributed by atoms with Gasteiger partial charge in [0.2, 0.25) is 0 Å². The highest BCUT2D eigenvalue weighted by molar-refractivity contribution is 5.94. The van der Waals surface area contributed by atoms with Gasteiger partial charge in [-0.25, -0.2) is 19.5 Å². The first-order valence-electron chi connectivity index (χ1n) is 9.36. The van der Waals surface area contributed by atoms with Crippen LogP contribution in [0.15, 0.2) is 72.9 Å². The lowest BCUT2D eigenvalue weighted by Gasteiger charge is -2.25. The molecule has 0 bridgehead atoms. The van der Waals surface area contributed by atoms with Crippen LogP contribution in [-0.4, -0.2) is 34.8 Å². The monoisotopic (exact) mass is 388 g/mol. The highest BCUT2D eigenvalue weighted by Crippen LogP contribution is 2.44. The lowest BCUT2D eigenvalue weighted by Crippen LogP contribution is -2.44. The Hall–Kier alpha value is -3.67. The molecule has 0 unspecified atom stereocenters. The van der Waals surface area contributed by atoms with Gasteiger partial charge < -0.3 is 9.84 Å². The summed E-state index contributed by atoms with van der Waals surface area (Å²) in [6, 6.07) is 20.0. The van der Waals surface area contributed by atoms with E-state index in [1.165, 1.54) is 13.1 Å². The Balaban J connectivity index is 1.59. The number of fused-ring (bicyclic) bond motifs is 3. The first-order valence-corrected chi connectivity index (χ1v) is 9.36. The fraction of sp³-hybridized carbons (Fsp3) is 0.174. The average molecular weight is 388 g/mol. The maximum absolute atomic E-state index is 12.9. The van der Waals surface area contributed by atoms with Crippen molar-refractivity contribution >= 4 is 17.9 Å². The first kappa shape index (κ1) is 18.7. The summed E-state index contributed by atoms with van der Waals surface area (Å²) < 4.78 is 5.61. The molecule has 1 atom stereocenters. The fourth-order valence-electron chi connectivity index (χ4n) is 3.72. The molecular formula is C23H20N2O4. The van der Waals surface area contributed by atoms with E-state index < -0.39 is 18.1 Å². The minimum absolute atomic E-state index is 0.0999. The van der Waals surface area contributed by atoms with E-state index in [2.05, 4.69) is 17.1 Å². The van der Waals surface area contributed by atoms with Crippen molar-refractivity contribution in [3.63, 3.8) is 0 Å². The molecule has 0 saturated heterocycles.